The summed E-state index contributed by atoms with van der Waals surface area (Å²) in [7, 11) is 0. The summed E-state index contributed by atoms with van der Waals surface area (Å²) in [6.07, 6.45) is 11.4. The predicted octanol–water partition coefficient (Wildman–Crippen LogP) is 11.0. The van der Waals surface area contributed by atoms with Crippen molar-refractivity contribution in [3.05, 3.63) is 46.7 Å². The molecular formula is C38H66FNO4. The van der Waals surface area contributed by atoms with Crippen LogP contribution in [0.5, 0.6) is 0 Å². The minimum absolute atomic E-state index is 0.0132. The fourth-order valence-electron chi connectivity index (χ4n) is 3.35. The second kappa shape index (κ2) is 20.6. The molecule has 0 aliphatic rings. The molecule has 0 spiro atoms. The summed E-state index contributed by atoms with van der Waals surface area (Å²) < 4.78 is 24.6. The van der Waals surface area contributed by atoms with Gasteiger partial charge in [-0.2, -0.15) is 0 Å². The lowest BCUT2D eigenvalue weighted by Gasteiger charge is -2.25. The van der Waals surface area contributed by atoms with E-state index in [4.69, 9.17) is 14.5 Å². The SMILES string of the molecule is CC(C)C.CC/C=C(/C=N/C(/C=C(\C)C(C)(C)C)=C(\C)C(C)CC)C(=O)/C=C/CC[C@H](COC(C)(C)F)C(=O)OC(C)(C)C. The Balaban J connectivity index is 0. The van der Waals surface area contributed by atoms with Gasteiger partial charge in [-0.05, 0) is 109 Å². The first-order valence-corrected chi connectivity index (χ1v) is 16.3. The van der Waals surface area contributed by atoms with Crippen LogP contribution in [0.15, 0.2) is 51.7 Å². The van der Waals surface area contributed by atoms with Gasteiger partial charge in [-0.25, -0.2) is 4.39 Å². The quantitative estimate of drug-likeness (QED) is 0.0791. The highest BCUT2D eigenvalue weighted by molar-refractivity contribution is 6.18. The van der Waals surface area contributed by atoms with E-state index in [0.29, 0.717) is 30.8 Å². The standard InChI is InChI=1S/C34H56FNO4.C4H10/c1-14-18-27(22-36-29(26(5)24(3)15-2)21-25(4)32(6,7)8)30(37)20-17-16-19-28(23-39-34(12,13)35)31(38)40-33(9,10)11;1-4(2)3/h17-18,20-22,24,28H,14-16,19,23H2,1-13H3;4H,1-3H3/b20-17+,25-21+,27-18-,29-26+,36-22+;/t24?,28-;/m1./s1. The van der Waals surface area contributed by atoms with E-state index in [1.54, 1.807) is 33.1 Å². The summed E-state index contributed by atoms with van der Waals surface area (Å²) in [5.41, 5.74) is 3.16. The Hall–Kier alpha value is -2.34. The first-order chi connectivity index (χ1) is 19.9. The van der Waals surface area contributed by atoms with Crippen molar-refractivity contribution in [1.82, 2.24) is 0 Å². The molecule has 0 saturated carbocycles. The number of nitrogens with zero attached hydrogens (tertiary/aromatic N) is 1. The molecule has 0 aromatic heterocycles. The summed E-state index contributed by atoms with van der Waals surface area (Å²) >= 11 is 0. The summed E-state index contributed by atoms with van der Waals surface area (Å²) in [6.45, 7) is 31.4. The molecule has 0 aliphatic carbocycles. The number of ketones is 1. The van der Waals surface area contributed by atoms with Gasteiger partial charge in [0.25, 0.3) is 0 Å². The highest BCUT2D eigenvalue weighted by Gasteiger charge is 2.27. The van der Waals surface area contributed by atoms with Crippen LogP contribution < -0.4 is 0 Å². The monoisotopic (exact) mass is 619 g/mol. The maximum Gasteiger partial charge on any atom is 0.311 e. The number of carbonyl (C=O) groups is 2. The Morgan fingerprint density at radius 2 is 1.48 bits per heavy atom. The number of hydrogen-bond acceptors (Lipinski definition) is 5. The third kappa shape index (κ3) is 22.2. The van der Waals surface area contributed by atoms with E-state index >= 15 is 0 Å². The molecule has 254 valence electrons. The molecule has 0 fully saturated rings. The number of allylic oxidation sites excluding steroid dienone is 7. The van der Waals surface area contributed by atoms with Gasteiger partial charge in [-0.15, -0.1) is 0 Å². The van der Waals surface area contributed by atoms with Gasteiger partial charge in [0, 0.05) is 11.8 Å². The van der Waals surface area contributed by atoms with Crippen molar-refractivity contribution in [2.45, 2.75) is 148 Å². The predicted molar refractivity (Wildman–Crippen MR) is 187 cm³/mol. The Morgan fingerprint density at radius 3 is 1.91 bits per heavy atom. The van der Waals surface area contributed by atoms with Crippen molar-refractivity contribution >= 4 is 18.0 Å². The first-order valence-electron chi connectivity index (χ1n) is 16.3. The Kier molecular flexibility index (Phi) is 20.5. The van der Waals surface area contributed by atoms with Crippen LogP contribution in [-0.2, 0) is 19.1 Å². The van der Waals surface area contributed by atoms with Crippen molar-refractivity contribution in [2.75, 3.05) is 6.61 Å². The molecule has 44 heavy (non-hydrogen) atoms. The van der Waals surface area contributed by atoms with Gasteiger partial charge in [-0.3, -0.25) is 14.6 Å². The first kappa shape index (κ1) is 43.8. The molecular weight excluding hydrogens is 553 g/mol. The van der Waals surface area contributed by atoms with Gasteiger partial charge in [0.15, 0.2) is 5.78 Å². The number of halogens is 1. The van der Waals surface area contributed by atoms with E-state index in [1.807, 2.05) is 13.0 Å². The molecule has 0 aliphatic heterocycles. The number of hydrogen-bond donors (Lipinski definition) is 0. The summed E-state index contributed by atoms with van der Waals surface area (Å²) in [6, 6.07) is 0. The number of aliphatic imine (C=N–C) groups is 1. The fraction of sp³-hybridized carbons (Fsp3) is 0.711. The minimum Gasteiger partial charge on any atom is -0.460 e. The molecule has 5 nitrogen and oxygen atoms in total. The van der Waals surface area contributed by atoms with Gasteiger partial charge in [0.05, 0.1) is 18.2 Å². The van der Waals surface area contributed by atoms with Crippen molar-refractivity contribution in [2.24, 2.45) is 28.2 Å². The summed E-state index contributed by atoms with van der Waals surface area (Å²) in [5, 5.41) is 0. The molecule has 0 aromatic rings. The number of esters is 1. The van der Waals surface area contributed by atoms with Crippen molar-refractivity contribution < 1.29 is 23.5 Å². The molecule has 2 atom stereocenters. The second-order valence-corrected chi connectivity index (χ2v) is 14.8. The van der Waals surface area contributed by atoms with Crippen molar-refractivity contribution in [3.63, 3.8) is 0 Å². The van der Waals surface area contributed by atoms with Crippen LogP contribution in [-0.4, -0.2) is 36.0 Å². The molecule has 0 bridgehead atoms. The van der Waals surface area contributed by atoms with E-state index < -0.39 is 23.3 Å². The second-order valence-electron chi connectivity index (χ2n) is 14.8. The largest absolute Gasteiger partial charge is 0.460 e. The van der Waals surface area contributed by atoms with E-state index in [1.165, 1.54) is 31.1 Å². The van der Waals surface area contributed by atoms with Crippen LogP contribution >= 0.6 is 0 Å². The molecule has 6 heteroatoms. The molecule has 0 amide bonds. The van der Waals surface area contributed by atoms with Crippen LogP contribution in [0.25, 0.3) is 0 Å². The lowest BCUT2D eigenvalue weighted by atomic mass is 9.86. The summed E-state index contributed by atoms with van der Waals surface area (Å²) in [4.78, 5) is 30.5. The number of alkyl halides is 1. The molecule has 0 N–H and O–H groups in total. The number of rotatable bonds is 15. The van der Waals surface area contributed by atoms with Gasteiger partial charge in [-0.1, -0.05) is 80.0 Å². The lowest BCUT2D eigenvalue weighted by molar-refractivity contribution is -0.170. The van der Waals surface area contributed by atoms with Gasteiger partial charge in [0.2, 0.25) is 5.85 Å². The van der Waals surface area contributed by atoms with E-state index in [0.717, 1.165) is 18.0 Å². The van der Waals surface area contributed by atoms with Crippen molar-refractivity contribution in [1.29, 1.82) is 0 Å². The third-order valence-corrected chi connectivity index (χ3v) is 6.66. The third-order valence-electron chi connectivity index (χ3n) is 6.66. The smallest absolute Gasteiger partial charge is 0.311 e. The zero-order valence-electron chi connectivity index (χ0n) is 31.1. The fourth-order valence-corrected chi connectivity index (χ4v) is 3.35. The Morgan fingerprint density at radius 1 is 0.932 bits per heavy atom. The Labute approximate surface area is 270 Å². The highest BCUT2D eigenvalue weighted by Crippen LogP contribution is 2.28. The van der Waals surface area contributed by atoms with Crippen LogP contribution in [0.3, 0.4) is 0 Å². The number of carbonyl (C=O) groups excluding carboxylic acids is 2. The van der Waals surface area contributed by atoms with E-state index in [2.05, 4.69) is 75.3 Å². The molecule has 1 unspecified atom stereocenters. The van der Waals surface area contributed by atoms with E-state index in [9.17, 15) is 14.0 Å². The maximum atomic E-state index is 13.9. The Bertz CT molecular complexity index is 1020. The highest BCUT2D eigenvalue weighted by atomic mass is 19.2. The minimum atomic E-state index is -1.85. The zero-order valence-corrected chi connectivity index (χ0v) is 31.1. The topological polar surface area (TPSA) is 65.0 Å². The van der Waals surface area contributed by atoms with E-state index in [-0.39, 0.29) is 17.8 Å². The maximum absolute atomic E-state index is 13.9. The van der Waals surface area contributed by atoms with Gasteiger partial charge < -0.3 is 9.47 Å². The van der Waals surface area contributed by atoms with Crippen molar-refractivity contribution in [3.8, 4) is 0 Å². The lowest BCUT2D eigenvalue weighted by Crippen LogP contribution is -2.33. The van der Waals surface area contributed by atoms with Gasteiger partial charge in [0.1, 0.15) is 5.60 Å². The zero-order chi connectivity index (χ0) is 34.9. The van der Waals surface area contributed by atoms with Crippen LogP contribution in [0, 0.1) is 23.2 Å². The van der Waals surface area contributed by atoms with Gasteiger partial charge >= 0.3 is 5.97 Å². The molecule has 0 rings (SSSR count). The average Bonchev–Trinajstić information content (AvgIpc) is 2.85. The van der Waals surface area contributed by atoms with Crippen LogP contribution in [0.1, 0.15) is 136 Å². The average molecular weight is 620 g/mol. The molecule has 0 saturated heterocycles. The molecule has 0 aromatic carbocycles. The summed E-state index contributed by atoms with van der Waals surface area (Å²) in [5.74, 6) is -1.89. The normalized spacial score (nSPS) is 15.7. The van der Waals surface area contributed by atoms with Crippen LogP contribution in [0.4, 0.5) is 4.39 Å². The number of ether oxygens (including phenoxy) is 2. The van der Waals surface area contributed by atoms with Crippen LogP contribution in [0.2, 0.25) is 0 Å². The molecule has 0 heterocycles. The molecule has 0 radical (unpaired) electrons.